The van der Waals surface area contributed by atoms with Gasteiger partial charge in [-0.05, 0) is 60.7 Å². The molecular weight excluding hydrogens is 199 g/mol. The molecule has 0 heterocycles. The van der Waals surface area contributed by atoms with Gasteiger partial charge in [0.05, 0.1) is 0 Å². The molecule has 3 aliphatic rings. The zero-order chi connectivity index (χ0) is 11.4. The van der Waals surface area contributed by atoms with Gasteiger partial charge in [-0.3, -0.25) is 0 Å². The number of hydrogen-bond acceptors (Lipinski definition) is 0. The topological polar surface area (TPSA) is 0 Å². The average molecular weight is 224 g/mol. The Balaban J connectivity index is 1.92. The van der Waals surface area contributed by atoms with Crippen molar-refractivity contribution >= 4 is 0 Å². The molecule has 0 N–H and O–H groups in total. The molecule has 8 atom stereocenters. The van der Waals surface area contributed by atoms with E-state index < -0.39 is 6.17 Å². The van der Waals surface area contributed by atoms with Crippen LogP contribution in [-0.4, -0.2) is 6.17 Å². The third kappa shape index (κ3) is 1.39. The van der Waals surface area contributed by atoms with Crippen molar-refractivity contribution in [2.24, 2.45) is 41.4 Å². The highest BCUT2D eigenvalue weighted by Crippen LogP contribution is 2.59. The molecule has 0 saturated heterocycles. The highest BCUT2D eigenvalue weighted by atomic mass is 19.1. The van der Waals surface area contributed by atoms with Crippen molar-refractivity contribution in [3.63, 3.8) is 0 Å². The van der Waals surface area contributed by atoms with Gasteiger partial charge >= 0.3 is 0 Å². The fourth-order valence-corrected chi connectivity index (χ4v) is 5.36. The Morgan fingerprint density at radius 1 is 0.812 bits per heavy atom. The summed E-state index contributed by atoms with van der Waals surface area (Å²) in [6.07, 6.45) is 4.74. The maximum atomic E-state index is 14.4. The molecule has 0 aromatic heterocycles. The van der Waals surface area contributed by atoms with Crippen LogP contribution in [0.3, 0.4) is 0 Å². The van der Waals surface area contributed by atoms with E-state index in [-0.39, 0.29) is 0 Å². The minimum atomic E-state index is -0.508. The fourth-order valence-electron chi connectivity index (χ4n) is 5.36. The lowest BCUT2D eigenvalue weighted by atomic mass is 9.59. The first-order chi connectivity index (χ1) is 7.59. The van der Waals surface area contributed by atoms with Crippen LogP contribution in [0.15, 0.2) is 0 Å². The van der Waals surface area contributed by atoms with Gasteiger partial charge in [-0.25, -0.2) is 4.39 Å². The van der Waals surface area contributed by atoms with Crippen molar-refractivity contribution < 1.29 is 4.39 Å². The maximum Gasteiger partial charge on any atom is 0.106 e. The van der Waals surface area contributed by atoms with E-state index in [1.165, 1.54) is 19.3 Å². The molecule has 0 aliphatic heterocycles. The van der Waals surface area contributed by atoms with Crippen LogP contribution in [0.4, 0.5) is 4.39 Å². The highest BCUT2D eigenvalue weighted by molar-refractivity contribution is 5.03. The van der Waals surface area contributed by atoms with E-state index in [1.807, 2.05) is 0 Å². The summed E-state index contributed by atoms with van der Waals surface area (Å²) in [6, 6.07) is 0. The SMILES string of the molecule is CC1CC2CCC(C)C3CC(C)C(C1F)C23. The predicted octanol–water partition coefficient (Wildman–Crippen LogP) is 4.30. The normalized spacial score (nSPS) is 60.8. The van der Waals surface area contributed by atoms with Gasteiger partial charge in [-0.15, -0.1) is 0 Å². The largest absolute Gasteiger partial charge is 0.247 e. The Morgan fingerprint density at radius 2 is 1.56 bits per heavy atom. The van der Waals surface area contributed by atoms with Crippen LogP contribution in [0.25, 0.3) is 0 Å². The molecule has 3 rings (SSSR count). The molecule has 0 amide bonds. The van der Waals surface area contributed by atoms with E-state index in [2.05, 4.69) is 20.8 Å². The van der Waals surface area contributed by atoms with Crippen LogP contribution >= 0.6 is 0 Å². The second kappa shape index (κ2) is 3.71. The molecule has 0 bridgehead atoms. The Labute approximate surface area is 99.0 Å². The van der Waals surface area contributed by atoms with E-state index in [9.17, 15) is 4.39 Å². The van der Waals surface area contributed by atoms with Crippen molar-refractivity contribution in [1.82, 2.24) is 0 Å². The lowest BCUT2D eigenvalue weighted by molar-refractivity contribution is -0.0250. The summed E-state index contributed by atoms with van der Waals surface area (Å²) >= 11 is 0. The van der Waals surface area contributed by atoms with Crippen molar-refractivity contribution in [2.45, 2.75) is 52.6 Å². The molecule has 0 aromatic rings. The zero-order valence-corrected chi connectivity index (χ0v) is 10.8. The summed E-state index contributed by atoms with van der Waals surface area (Å²) in [6.45, 7) is 6.84. The lowest BCUT2D eigenvalue weighted by Crippen LogP contribution is -2.44. The number of alkyl halides is 1. The van der Waals surface area contributed by atoms with E-state index in [1.54, 1.807) is 0 Å². The molecule has 3 fully saturated rings. The van der Waals surface area contributed by atoms with Gasteiger partial charge in [0.25, 0.3) is 0 Å². The van der Waals surface area contributed by atoms with Gasteiger partial charge in [0.1, 0.15) is 6.17 Å². The average Bonchev–Trinajstić information content (AvgIpc) is 2.59. The van der Waals surface area contributed by atoms with Crippen molar-refractivity contribution in [3.05, 3.63) is 0 Å². The maximum absolute atomic E-state index is 14.4. The Morgan fingerprint density at radius 3 is 2.31 bits per heavy atom. The van der Waals surface area contributed by atoms with E-state index in [0.29, 0.717) is 17.8 Å². The molecule has 0 radical (unpaired) electrons. The first-order valence-corrected chi connectivity index (χ1v) is 7.23. The molecule has 1 heteroatoms. The van der Waals surface area contributed by atoms with Gasteiger partial charge in [-0.2, -0.15) is 0 Å². The summed E-state index contributed by atoms with van der Waals surface area (Å²) in [7, 11) is 0. The zero-order valence-electron chi connectivity index (χ0n) is 10.8. The minimum absolute atomic E-state index is 0.320. The van der Waals surface area contributed by atoms with Crippen LogP contribution in [0.2, 0.25) is 0 Å². The molecule has 0 spiro atoms. The molecule has 3 saturated carbocycles. The number of halogens is 1. The van der Waals surface area contributed by atoms with Crippen molar-refractivity contribution in [1.29, 1.82) is 0 Å². The van der Waals surface area contributed by atoms with E-state index in [0.717, 1.165) is 30.1 Å². The third-order valence-electron chi connectivity index (χ3n) is 6.09. The Bertz CT molecular complexity index is 275. The monoisotopic (exact) mass is 224 g/mol. The summed E-state index contributed by atoms with van der Waals surface area (Å²) < 4.78 is 14.4. The Hall–Kier alpha value is -0.0700. The molecule has 0 aromatic carbocycles. The Kier molecular flexibility index (Phi) is 2.56. The van der Waals surface area contributed by atoms with Gasteiger partial charge in [0.15, 0.2) is 0 Å². The van der Waals surface area contributed by atoms with Crippen LogP contribution in [0, 0.1) is 41.4 Å². The van der Waals surface area contributed by atoms with Gasteiger partial charge < -0.3 is 0 Å². The minimum Gasteiger partial charge on any atom is -0.247 e. The molecule has 3 aliphatic carbocycles. The smallest absolute Gasteiger partial charge is 0.106 e. The van der Waals surface area contributed by atoms with Crippen molar-refractivity contribution in [2.75, 3.05) is 0 Å². The third-order valence-corrected chi connectivity index (χ3v) is 6.09. The molecule has 16 heavy (non-hydrogen) atoms. The van der Waals surface area contributed by atoms with Gasteiger partial charge in [-0.1, -0.05) is 27.2 Å². The first-order valence-electron chi connectivity index (χ1n) is 7.23. The fraction of sp³-hybridized carbons (Fsp3) is 1.00. The summed E-state index contributed by atoms with van der Waals surface area (Å²) in [4.78, 5) is 0. The molecular formula is C15H25F. The van der Waals surface area contributed by atoms with Crippen LogP contribution in [-0.2, 0) is 0 Å². The predicted molar refractivity (Wildman–Crippen MR) is 64.8 cm³/mol. The van der Waals surface area contributed by atoms with Crippen LogP contribution in [0.1, 0.15) is 46.5 Å². The van der Waals surface area contributed by atoms with E-state index >= 15 is 0 Å². The number of rotatable bonds is 0. The van der Waals surface area contributed by atoms with Crippen LogP contribution < -0.4 is 0 Å². The standard InChI is InChI=1S/C15H25F/c1-8-4-5-11-6-10(3)15(16)13-9(2)7-12(8)14(11)13/h8-15H,4-7H2,1-3H3. The van der Waals surface area contributed by atoms with Crippen molar-refractivity contribution in [3.8, 4) is 0 Å². The summed E-state index contributed by atoms with van der Waals surface area (Å²) in [5.74, 6) is 4.67. The summed E-state index contributed by atoms with van der Waals surface area (Å²) in [5, 5.41) is 0. The summed E-state index contributed by atoms with van der Waals surface area (Å²) in [5.41, 5.74) is 0. The molecule has 92 valence electrons. The second-order valence-electron chi connectivity index (χ2n) is 7.00. The molecule has 8 unspecified atom stereocenters. The number of hydrogen-bond donors (Lipinski definition) is 0. The second-order valence-corrected chi connectivity index (χ2v) is 7.00. The quantitative estimate of drug-likeness (QED) is 0.575. The van der Waals surface area contributed by atoms with Gasteiger partial charge in [0, 0.05) is 0 Å². The molecule has 0 nitrogen and oxygen atoms in total. The highest BCUT2D eigenvalue weighted by Gasteiger charge is 2.55. The van der Waals surface area contributed by atoms with Gasteiger partial charge in [0.2, 0.25) is 0 Å². The van der Waals surface area contributed by atoms with E-state index in [4.69, 9.17) is 0 Å². The van der Waals surface area contributed by atoms with Crippen LogP contribution in [0.5, 0.6) is 0 Å². The first kappa shape index (κ1) is 11.0. The lowest BCUT2D eigenvalue weighted by Gasteiger charge is -2.47.